The van der Waals surface area contributed by atoms with Gasteiger partial charge in [0.15, 0.2) is 5.96 Å². The van der Waals surface area contributed by atoms with E-state index in [0.717, 1.165) is 0 Å². The molecule has 0 radical (unpaired) electrons. The van der Waals surface area contributed by atoms with Gasteiger partial charge in [0.25, 0.3) is 0 Å². The highest BCUT2D eigenvalue weighted by atomic mass is 32.1. The molecule has 0 spiro atoms. The van der Waals surface area contributed by atoms with Crippen molar-refractivity contribution in [2.75, 3.05) is 18.8 Å². The third-order valence-electron chi connectivity index (χ3n) is 3.83. The van der Waals surface area contributed by atoms with Crippen LogP contribution in [-0.2, 0) is 19.2 Å². The van der Waals surface area contributed by atoms with Crippen molar-refractivity contribution >= 4 is 42.3 Å². The van der Waals surface area contributed by atoms with E-state index in [1.165, 1.54) is 0 Å². The summed E-state index contributed by atoms with van der Waals surface area (Å²) >= 11 is 4.02. The van der Waals surface area contributed by atoms with Gasteiger partial charge in [-0.05, 0) is 18.8 Å². The molecule has 0 bridgehead atoms. The van der Waals surface area contributed by atoms with Gasteiger partial charge in [-0.15, -0.1) is 0 Å². The maximum Gasteiger partial charge on any atom is 0.326 e. The first-order valence-electron chi connectivity index (χ1n) is 9.02. The highest BCUT2D eigenvalue weighted by Crippen LogP contribution is 2.05. The monoisotopic (exact) mass is 433 g/mol. The molecule has 12 nitrogen and oxygen atoms in total. The van der Waals surface area contributed by atoms with Crippen molar-refractivity contribution in [1.29, 1.82) is 0 Å². The minimum Gasteiger partial charge on any atom is -0.480 e. The summed E-state index contributed by atoms with van der Waals surface area (Å²) in [6.07, 6.45) is 0.485. The number of aliphatic carboxylic acids is 1. The number of rotatable bonds is 13. The zero-order valence-electron chi connectivity index (χ0n) is 16.6. The molecule has 0 saturated heterocycles. The molecule has 0 rings (SSSR count). The van der Waals surface area contributed by atoms with Crippen LogP contribution >= 0.6 is 12.6 Å². The van der Waals surface area contributed by atoms with Crippen LogP contribution in [0.15, 0.2) is 4.99 Å². The molecular formula is C16H31N7O5S. The number of aliphatic imine (C=N–C) groups is 1. The summed E-state index contributed by atoms with van der Waals surface area (Å²) in [4.78, 5) is 51.7. The number of carboxylic acids is 1. The Morgan fingerprint density at radius 2 is 1.62 bits per heavy atom. The van der Waals surface area contributed by atoms with Gasteiger partial charge in [-0.3, -0.25) is 19.4 Å². The van der Waals surface area contributed by atoms with Crippen LogP contribution in [0.1, 0.15) is 26.7 Å². The van der Waals surface area contributed by atoms with Crippen LogP contribution in [0.2, 0.25) is 0 Å². The maximum atomic E-state index is 12.6. The molecule has 166 valence electrons. The number of guanidine groups is 1. The van der Waals surface area contributed by atoms with Gasteiger partial charge >= 0.3 is 5.97 Å². The molecule has 3 atom stereocenters. The van der Waals surface area contributed by atoms with E-state index in [-0.39, 0.29) is 37.1 Å². The lowest BCUT2D eigenvalue weighted by Crippen LogP contribution is -2.57. The molecule has 0 aromatic carbocycles. The summed E-state index contributed by atoms with van der Waals surface area (Å²) in [5, 5.41) is 16.6. The number of carboxylic acid groups (broad SMARTS) is 1. The first kappa shape index (κ1) is 26.5. The first-order valence-corrected chi connectivity index (χ1v) is 9.65. The smallest absolute Gasteiger partial charge is 0.326 e. The van der Waals surface area contributed by atoms with Crippen molar-refractivity contribution in [3.05, 3.63) is 0 Å². The van der Waals surface area contributed by atoms with E-state index in [4.69, 9.17) is 17.2 Å². The average molecular weight is 434 g/mol. The van der Waals surface area contributed by atoms with Crippen molar-refractivity contribution in [2.45, 2.75) is 44.8 Å². The fourth-order valence-corrected chi connectivity index (χ4v) is 2.52. The molecule has 0 aromatic rings. The predicted octanol–water partition coefficient (Wildman–Crippen LogP) is -2.88. The van der Waals surface area contributed by atoms with Gasteiger partial charge in [0.2, 0.25) is 17.7 Å². The lowest BCUT2D eigenvalue weighted by Gasteiger charge is -2.25. The standard InChI is InChI=1S/C16H31N7O5S/c1-8(2)12(15(27)28)23-13(25)9(4-3-5-20-16(18)19)22-14(26)10(7-29)21-11(24)6-17/h8-10,12,29H,3-7,17H2,1-2H3,(H,21,24)(H,22,26)(H,23,25)(H,27,28)(H4,18,19,20). The van der Waals surface area contributed by atoms with Crippen LogP contribution in [0.25, 0.3) is 0 Å². The molecular weight excluding hydrogens is 402 g/mol. The molecule has 0 aliphatic carbocycles. The fourth-order valence-electron chi connectivity index (χ4n) is 2.26. The molecule has 3 unspecified atom stereocenters. The lowest BCUT2D eigenvalue weighted by molar-refractivity contribution is -0.143. The first-order chi connectivity index (χ1) is 13.5. The van der Waals surface area contributed by atoms with Crippen LogP contribution in [0.5, 0.6) is 0 Å². The summed E-state index contributed by atoms with van der Waals surface area (Å²) in [5.74, 6) is -3.58. The minimum absolute atomic E-state index is 0.0241. The highest BCUT2D eigenvalue weighted by molar-refractivity contribution is 7.80. The Morgan fingerprint density at radius 1 is 1.03 bits per heavy atom. The molecule has 0 aliphatic heterocycles. The highest BCUT2D eigenvalue weighted by Gasteiger charge is 2.30. The van der Waals surface area contributed by atoms with Gasteiger partial charge in [-0.25, -0.2) is 4.79 Å². The number of amides is 3. The van der Waals surface area contributed by atoms with E-state index in [9.17, 15) is 24.3 Å². The summed E-state index contributed by atoms with van der Waals surface area (Å²) in [6.45, 7) is 3.19. The zero-order valence-corrected chi connectivity index (χ0v) is 17.4. The Morgan fingerprint density at radius 3 is 2.07 bits per heavy atom. The molecule has 0 aliphatic rings. The molecule has 13 heteroatoms. The van der Waals surface area contributed by atoms with Crippen LogP contribution < -0.4 is 33.2 Å². The van der Waals surface area contributed by atoms with Crippen molar-refractivity contribution in [2.24, 2.45) is 28.1 Å². The summed E-state index contributed by atoms with van der Waals surface area (Å²) in [7, 11) is 0. The van der Waals surface area contributed by atoms with Crippen molar-refractivity contribution in [3.8, 4) is 0 Å². The Kier molecular flexibility index (Phi) is 12.4. The van der Waals surface area contributed by atoms with Gasteiger partial charge < -0.3 is 38.3 Å². The number of hydrogen-bond donors (Lipinski definition) is 8. The minimum atomic E-state index is -1.19. The number of nitrogens with one attached hydrogen (secondary N) is 3. The van der Waals surface area contributed by atoms with Crippen molar-refractivity contribution in [1.82, 2.24) is 16.0 Å². The number of nitrogens with two attached hydrogens (primary N) is 3. The molecule has 0 aromatic heterocycles. The van der Waals surface area contributed by atoms with Crippen LogP contribution in [-0.4, -0.2) is 71.7 Å². The second-order valence-corrected chi connectivity index (χ2v) is 6.95. The molecule has 0 saturated carbocycles. The van der Waals surface area contributed by atoms with Gasteiger partial charge in [0, 0.05) is 12.3 Å². The van der Waals surface area contributed by atoms with E-state index < -0.39 is 41.8 Å². The Balaban J connectivity index is 5.27. The summed E-state index contributed by atoms with van der Waals surface area (Å²) in [6, 6.07) is -3.20. The summed E-state index contributed by atoms with van der Waals surface area (Å²) in [5.41, 5.74) is 15.7. The number of hydrogen-bond acceptors (Lipinski definition) is 7. The van der Waals surface area contributed by atoms with Crippen LogP contribution in [0, 0.1) is 5.92 Å². The molecule has 3 amide bonds. The summed E-state index contributed by atoms with van der Waals surface area (Å²) < 4.78 is 0. The van der Waals surface area contributed by atoms with Crippen molar-refractivity contribution in [3.63, 3.8) is 0 Å². The largest absolute Gasteiger partial charge is 0.480 e. The third-order valence-corrected chi connectivity index (χ3v) is 4.19. The van der Waals surface area contributed by atoms with E-state index in [1.54, 1.807) is 13.8 Å². The molecule has 0 fully saturated rings. The predicted molar refractivity (Wildman–Crippen MR) is 111 cm³/mol. The van der Waals surface area contributed by atoms with Gasteiger partial charge in [-0.2, -0.15) is 12.6 Å². The van der Waals surface area contributed by atoms with E-state index in [2.05, 4.69) is 33.6 Å². The second-order valence-electron chi connectivity index (χ2n) is 6.59. The lowest BCUT2D eigenvalue weighted by atomic mass is 10.0. The third kappa shape index (κ3) is 10.5. The van der Waals surface area contributed by atoms with Gasteiger partial charge in [0.1, 0.15) is 18.1 Å². The van der Waals surface area contributed by atoms with Gasteiger partial charge in [0.05, 0.1) is 6.54 Å². The Hall–Kier alpha value is -2.54. The van der Waals surface area contributed by atoms with Crippen LogP contribution in [0.4, 0.5) is 0 Å². The van der Waals surface area contributed by atoms with Crippen molar-refractivity contribution < 1.29 is 24.3 Å². The number of carbonyl (C=O) groups is 4. The maximum absolute atomic E-state index is 12.6. The number of nitrogens with zero attached hydrogens (tertiary/aromatic N) is 1. The van der Waals surface area contributed by atoms with E-state index in [0.29, 0.717) is 6.42 Å². The zero-order chi connectivity index (χ0) is 22.6. The SMILES string of the molecule is CC(C)C(NC(=O)C(CCCN=C(N)N)NC(=O)C(CS)NC(=O)CN)C(=O)O. The quantitative estimate of drug-likeness (QED) is 0.0651. The molecule has 10 N–H and O–H groups in total. The number of thiol groups is 1. The van der Waals surface area contributed by atoms with E-state index >= 15 is 0 Å². The Labute approximate surface area is 174 Å². The second kappa shape index (κ2) is 13.6. The molecule has 0 heterocycles. The Bertz CT molecular complexity index is 610. The topological polar surface area (TPSA) is 215 Å². The normalized spacial score (nSPS) is 13.7. The average Bonchev–Trinajstić information content (AvgIpc) is 2.64. The molecule has 29 heavy (non-hydrogen) atoms. The van der Waals surface area contributed by atoms with Gasteiger partial charge in [-0.1, -0.05) is 13.8 Å². The van der Waals surface area contributed by atoms with Crippen LogP contribution in [0.3, 0.4) is 0 Å². The van der Waals surface area contributed by atoms with E-state index in [1.807, 2.05) is 0 Å². The number of carbonyl (C=O) groups excluding carboxylic acids is 3. The fraction of sp³-hybridized carbons (Fsp3) is 0.688.